The van der Waals surface area contributed by atoms with E-state index >= 15 is 0 Å². The highest BCUT2D eigenvalue weighted by Gasteiger charge is 2.46. The van der Waals surface area contributed by atoms with Crippen LogP contribution in [-0.2, 0) is 19.0 Å². The fraction of sp³-hybridized carbons (Fsp3) is 0.250. The summed E-state index contributed by atoms with van der Waals surface area (Å²) in [6.45, 7) is 9.10. The molecule has 0 unspecified atom stereocenters. The van der Waals surface area contributed by atoms with E-state index in [0.29, 0.717) is 0 Å². The van der Waals surface area contributed by atoms with Crippen LogP contribution in [-0.4, -0.2) is 7.11 Å². The van der Waals surface area contributed by atoms with Crippen LogP contribution in [0.3, 0.4) is 0 Å². The van der Waals surface area contributed by atoms with Gasteiger partial charge in [-0.3, -0.25) is 0 Å². The van der Waals surface area contributed by atoms with E-state index in [1.165, 1.54) is 43.7 Å². The molecule has 0 aliphatic carbocycles. The van der Waals surface area contributed by atoms with Gasteiger partial charge >= 0.3 is 0 Å². The van der Waals surface area contributed by atoms with Gasteiger partial charge in [-0.2, -0.15) is 0 Å². The zero-order valence-electron chi connectivity index (χ0n) is 21.1. The fourth-order valence-electron chi connectivity index (χ4n) is 5.51. The third kappa shape index (κ3) is 4.19. The predicted molar refractivity (Wildman–Crippen MR) is 150 cm³/mol. The number of benzene rings is 4. The lowest BCUT2D eigenvalue weighted by atomic mass is 9.90. The number of methoxy groups -OCH3 is 1. The summed E-state index contributed by atoms with van der Waals surface area (Å²) in [6.07, 6.45) is 2.96. The smallest absolute Gasteiger partial charge is 0.125 e. The monoisotopic (exact) mass is 467 g/mol. The molecule has 0 saturated carbocycles. The Morgan fingerprint density at radius 3 is 1.21 bits per heavy atom. The lowest BCUT2D eigenvalue weighted by Gasteiger charge is -2.30. The molecule has 0 fully saturated rings. The minimum Gasteiger partial charge on any atom is -0.496 e. The fourth-order valence-corrected chi connectivity index (χ4v) is 9.94. The van der Waals surface area contributed by atoms with Gasteiger partial charge in [0, 0.05) is 0 Å². The van der Waals surface area contributed by atoms with Crippen LogP contribution in [0, 0.1) is 13.8 Å². The highest BCUT2D eigenvalue weighted by atomic mass is 31.2. The maximum atomic E-state index is 5.97. The zero-order chi connectivity index (χ0) is 24.1. The molecule has 4 aromatic rings. The van der Waals surface area contributed by atoms with Crippen molar-refractivity contribution in [2.24, 2.45) is 0 Å². The minimum atomic E-state index is -1.95. The van der Waals surface area contributed by atoms with Crippen LogP contribution in [0.15, 0.2) is 91.0 Å². The summed E-state index contributed by atoms with van der Waals surface area (Å²) in [7, 11) is -0.133. The van der Waals surface area contributed by atoms with Crippen LogP contribution in [0.5, 0.6) is 5.75 Å². The van der Waals surface area contributed by atoms with Crippen LogP contribution < -0.4 is 20.7 Å². The Morgan fingerprint density at radius 1 is 0.559 bits per heavy atom. The molecule has 0 aliphatic rings. The SMILES string of the molecule is CCc1c(C)c(C[P+](c2ccccc2)(c2ccccc2)c2ccccc2)c(C)c(CC)c1OC. The van der Waals surface area contributed by atoms with E-state index in [9.17, 15) is 0 Å². The molecule has 0 N–H and O–H groups in total. The second-order valence-electron chi connectivity index (χ2n) is 8.90. The minimum absolute atomic E-state index is 0.975. The van der Waals surface area contributed by atoms with Crippen molar-refractivity contribution in [1.82, 2.24) is 0 Å². The average molecular weight is 468 g/mol. The van der Waals surface area contributed by atoms with Gasteiger partial charge in [0.1, 0.15) is 28.9 Å². The topological polar surface area (TPSA) is 9.23 Å². The Balaban J connectivity index is 2.08. The molecule has 0 radical (unpaired) electrons. The first kappa shape index (κ1) is 24.2. The standard InChI is InChI=1S/C32H36OP/c1-6-29-24(3)31(25(4)30(7-2)32(29)33-5)23-34(26-17-11-8-12-18-26,27-19-13-9-14-20-27)28-21-15-10-16-22-28/h8-22H,6-7,23H2,1-5H3/q+1. The quantitative estimate of drug-likeness (QED) is 0.255. The van der Waals surface area contributed by atoms with E-state index in [0.717, 1.165) is 24.8 Å². The maximum Gasteiger partial charge on any atom is 0.125 e. The van der Waals surface area contributed by atoms with E-state index in [2.05, 4.69) is 119 Å². The second-order valence-corrected chi connectivity index (χ2v) is 12.4. The van der Waals surface area contributed by atoms with E-state index in [1.54, 1.807) is 0 Å². The van der Waals surface area contributed by atoms with Gasteiger partial charge in [0.25, 0.3) is 0 Å². The van der Waals surface area contributed by atoms with Gasteiger partial charge in [-0.25, -0.2) is 0 Å². The normalized spacial score (nSPS) is 11.4. The Kier molecular flexibility index (Phi) is 7.54. The maximum absolute atomic E-state index is 5.97. The molecule has 0 spiro atoms. The van der Waals surface area contributed by atoms with E-state index < -0.39 is 7.26 Å². The molecule has 0 bridgehead atoms. The highest BCUT2D eigenvalue weighted by molar-refractivity contribution is 7.95. The summed E-state index contributed by atoms with van der Waals surface area (Å²) < 4.78 is 5.97. The molecular weight excluding hydrogens is 431 g/mol. The number of hydrogen-bond acceptors (Lipinski definition) is 1. The number of ether oxygens (including phenoxy) is 1. The lowest BCUT2D eigenvalue weighted by molar-refractivity contribution is 0.404. The molecule has 2 heteroatoms. The largest absolute Gasteiger partial charge is 0.496 e. The van der Waals surface area contributed by atoms with Crippen molar-refractivity contribution >= 4 is 23.2 Å². The van der Waals surface area contributed by atoms with Crippen LogP contribution >= 0.6 is 7.26 Å². The molecule has 0 aliphatic heterocycles. The van der Waals surface area contributed by atoms with Crippen LogP contribution in [0.2, 0.25) is 0 Å². The van der Waals surface area contributed by atoms with Crippen LogP contribution in [0.4, 0.5) is 0 Å². The molecule has 34 heavy (non-hydrogen) atoms. The first-order chi connectivity index (χ1) is 16.6. The summed E-state index contributed by atoms with van der Waals surface area (Å²) >= 11 is 0. The van der Waals surface area contributed by atoms with Crippen molar-refractivity contribution in [3.63, 3.8) is 0 Å². The van der Waals surface area contributed by atoms with E-state index in [-0.39, 0.29) is 0 Å². The third-order valence-corrected chi connectivity index (χ3v) is 11.6. The predicted octanol–water partition coefficient (Wildman–Crippen LogP) is 6.93. The average Bonchev–Trinajstić information content (AvgIpc) is 2.90. The molecule has 0 heterocycles. The molecule has 0 saturated heterocycles. The van der Waals surface area contributed by atoms with Crippen molar-refractivity contribution in [3.05, 3.63) is 119 Å². The summed E-state index contributed by atoms with van der Waals surface area (Å²) in [5, 5.41) is 4.29. The van der Waals surface area contributed by atoms with Gasteiger partial charge in [0.15, 0.2) is 0 Å². The van der Waals surface area contributed by atoms with Gasteiger partial charge < -0.3 is 4.74 Å². The van der Waals surface area contributed by atoms with E-state index in [4.69, 9.17) is 4.74 Å². The Labute approximate surface area is 206 Å². The molecule has 0 atom stereocenters. The molecule has 1 nitrogen and oxygen atoms in total. The van der Waals surface area contributed by atoms with Crippen LogP contribution in [0.1, 0.15) is 41.7 Å². The second kappa shape index (κ2) is 10.6. The highest BCUT2D eigenvalue weighted by Crippen LogP contribution is 2.59. The summed E-state index contributed by atoms with van der Waals surface area (Å²) in [4.78, 5) is 0. The van der Waals surface area contributed by atoms with Gasteiger partial charge in [-0.05, 0) is 90.9 Å². The number of hydrogen-bond donors (Lipinski definition) is 0. The summed E-state index contributed by atoms with van der Waals surface area (Å²) in [5.74, 6) is 1.09. The molecule has 4 rings (SSSR count). The summed E-state index contributed by atoms with van der Waals surface area (Å²) in [5.41, 5.74) is 6.97. The Hall–Kier alpha value is -2.89. The molecular formula is C32H36OP+. The van der Waals surface area contributed by atoms with Crippen molar-refractivity contribution in [3.8, 4) is 5.75 Å². The Bertz CT molecular complexity index is 1100. The molecule has 0 aromatic heterocycles. The van der Waals surface area contributed by atoms with Gasteiger partial charge in [0.2, 0.25) is 0 Å². The first-order valence-corrected chi connectivity index (χ1v) is 14.3. The van der Waals surface area contributed by atoms with Crippen molar-refractivity contribution in [2.45, 2.75) is 46.7 Å². The molecule has 174 valence electrons. The van der Waals surface area contributed by atoms with Crippen molar-refractivity contribution in [2.75, 3.05) is 7.11 Å². The molecule has 0 amide bonds. The lowest BCUT2D eigenvalue weighted by Crippen LogP contribution is -2.33. The van der Waals surface area contributed by atoms with Gasteiger partial charge in [-0.15, -0.1) is 0 Å². The van der Waals surface area contributed by atoms with E-state index in [1.807, 2.05) is 7.11 Å². The zero-order valence-corrected chi connectivity index (χ0v) is 22.0. The first-order valence-electron chi connectivity index (χ1n) is 12.3. The van der Waals surface area contributed by atoms with Gasteiger partial charge in [-0.1, -0.05) is 68.4 Å². The van der Waals surface area contributed by atoms with Gasteiger partial charge in [0.05, 0.1) is 13.3 Å². The Morgan fingerprint density at radius 2 is 0.912 bits per heavy atom. The number of rotatable bonds is 8. The van der Waals surface area contributed by atoms with Crippen molar-refractivity contribution in [1.29, 1.82) is 0 Å². The van der Waals surface area contributed by atoms with Crippen LogP contribution in [0.25, 0.3) is 0 Å². The van der Waals surface area contributed by atoms with Crippen molar-refractivity contribution < 1.29 is 4.74 Å². The molecule has 4 aromatic carbocycles. The third-order valence-electron chi connectivity index (χ3n) is 7.26. The summed E-state index contributed by atoms with van der Waals surface area (Å²) in [6, 6.07) is 33.6.